The molecule has 0 aromatic carbocycles. The SMILES string of the molecule is Cc1c2nc(c(C)c3ccc([nH]3)c(C)c3ccc([nH]3)c(C)c3nc1C=C3)C=C2.F. The molecule has 5 rings (SSSR count). The fourth-order valence-corrected chi connectivity index (χ4v) is 3.78. The topological polar surface area (TPSA) is 57.4 Å². The second-order valence-electron chi connectivity index (χ2n) is 7.50. The molecule has 2 N–H and O–H groups in total. The molecule has 5 heteroatoms. The van der Waals surface area contributed by atoms with Crippen LogP contribution in [0.1, 0.15) is 45.0 Å². The van der Waals surface area contributed by atoms with Gasteiger partial charge in [-0.05, 0) is 93.0 Å². The highest BCUT2D eigenvalue weighted by Crippen LogP contribution is 2.25. The van der Waals surface area contributed by atoms with E-state index < -0.39 is 0 Å². The van der Waals surface area contributed by atoms with Crippen LogP contribution in [-0.2, 0) is 0 Å². The van der Waals surface area contributed by atoms with Gasteiger partial charge >= 0.3 is 0 Å². The molecule has 0 fully saturated rings. The Hall–Kier alpha value is -3.47. The molecule has 8 bridgehead atoms. The molecule has 5 heterocycles. The van der Waals surface area contributed by atoms with Crippen molar-refractivity contribution in [1.82, 2.24) is 19.9 Å². The standard InChI is InChI=1S/C24H22N4.FH/c1-13-17-5-7-19(25-17)14(2)21-9-11-23(27-21)16(4)24-12-10-22(28-24)15(3)20-8-6-18(13)26-20;/h5-12,25-26H,1-4H3;1H. The van der Waals surface area contributed by atoms with Crippen LogP contribution in [0.4, 0.5) is 4.70 Å². The number of halogens is 1. The Bertz CT molecular complexity index is 1250. The Kier molecular flexibility index (Phi) is 4.46. The lowest BCUT2D eigenvalue weighted by atomic mass is 10.2. The van der Waals surface area contributed by atoms with E-state index in [-0.39, 0.29) is 4.70 Å². The molecule has 0 saturated heterocycles. The summed E-state index contributed by atoms with van der Waals surface area (Å²) in [6.45, 7) is 8.44. The summed E-state index contributed by atoms with van der Waals surface area (Å²) in [6, 6.07) is 8.52. The van der Waals surface area contributed by atoms with Gasteiger partial charge in [-0.25, -0.2) is 9.97 Å². The average molecular weight is 386 g/mol. The van der Waals surface area contributed by atoms with Crippen molar-refractivity contribution in [1.29, 1.82) is 0 Å². The lowest BCUT2D eigenvalue weighted by Gasteiger charge is -1.97. The van der Waals surface area contributed by atoms with Crippen molar-refractivity contribution in [2.75, 3.05) is 0 Å². The maximum Gasteiger partial charge on any atom is 0.0688 e. The number of aromatic amines is 2. The van der Waals surface area contributed by atoms with Gasteiger partial charge in [0.15, 0.2) is 0 Å². The molecule has 4 nitrogen and oxygen atoms in total. The van der Waals surface area contributed by atoms with Crippen molar-refractivity contribution in [3.63, 3.8) is 0 Å². The molecule has 2 aliphatic rings. The van der Waals surface area contributed by atoms with Gasteiger partial charge in [-0.15, -0.1) is 0 Å². The Labute approximate surface area is 168 Å². The average Bonchev–Trinajstić information content (AvgIpc) is 3.49. The molecule has 3 aromatic heterocycles. The fourth-order valence-electron chi connectivity index (χ4n) is 3.78. The minimum absolute atomic E-state index is 0. The summed E-state index contributed by atoms with van der Waals surface area (Å²) < 4.78 is 0. The van der Waals surface area contributed by atoms with Crippen LogP contribution in [0.25, 0.3) is 46.4 Å². The zero-order valence-electron chi connectivity index (χ0n) is 16.9. The van der Waals surface area contributed by atoms with Crippen LogP contribution in [0.5, 0.6) is 0 Å². The molecule has 3 aromatic rings. The first kappa shape index (κ1) is 18.9. The van der Waals surface area contributed by atoms with Crippen LogP contribution in [0.2, 0.25) is 0 Å². The van der Waals surface area contributed by atoms with Crippen molar-refractivity contribution in [3.05, 3.63) is 69.3 Å². The van der Waals surface area contributed by atoms with Crippen LogP contribution in [0.3, 0.4) is 0 Å². The van der Waals surface area contributed by atoms with Crippen molar-refractivity contribution < 1.29 is 4.70 Å². The Morgan fingerprint density at radius 3 is 1.17 bits per heavy atom. The summed E-state index contributed by atoms with van der Waals surface area (Å²) in [4.78, 5) is 16.8. The van der Waals surface area contributed by atoms with Gasteiger partial charge in [-0.2, -0.15) is 0 Å². The van der Waals surface area contributed by atoms with E-state index in [0.717, 1.165) is 61.5 Å². The molecule has 0 amide bonds. The van der Waals surface area contributed by atoms with Crippen molar-refractivity contribution >= 4 is 46.4 Å². The highest BCUT2D eigenvalue weighted by atomic mass is 19.0. The van der Waals surface area contributed by atoms with Gasteiger partial charge in [0, 0.05) is 27.6 Å². The van der Waals surface area contributed by atoms with Crippen LogP contribution in [-0.4, -0.2) is 19.9 Å². The summed E-state index contributed by atoms with van der Waals surface area (Å²) >= 11 is 0. The lowest BCUT2D eigenvalue weighted by Crippen LogP contribution is -1.88. The number of fused-ring (bicyclic) bond motifs is 8. The van der Waals surface area contributed by atoms with Crippen molar-refractivity contribution in [2.24, 2.45) is 0 Å². The third-order valence-corrected chi connectivity index (χ3v) is 5.80. The number of hydrogen-bond donors (Lipinski definition) is 2. The number of aromatic nitrogens is 4. The molecule has 0 saturated carbocycles. The largest absolute Gasteiger partial charge is 0.355 e. The van der Waals surface area contributed by atoms with E-state index in [1.54, 1.807) is 0 Å². The molecule has 0 aliphatic carbocycles. The minimum Gasteiger partial charge on any atom is -0.355 e. The summed E-state index contributed by atoms with van der Waals surface area (Å²) in [5.41, 5.74) is 12.9. The molecule has 29 heavy (non-hydrogen) atoms. The number of aryl methyl sites for hydroxylation is 3. The summed E-state index contributed by atoms with van der Waals surface area (Å²) in [7, 11) is 0. The van der Waals surface area contributed by atoms with Crippen molar-refractivity contribution in [3.8, 4) is 0 Å². The first-order valence-electron chi connectivity index (χ1n) is 9.54. The highest BCUT2D eigenvalue weighted by molar-refractivity contribution is 5.82. The second-order valence-corrected chi connectivity index (χ2v) is 7.50. The van der Waals surface area contributed by atoms with E-state index in [1.165, 1.54) is 5.56 Å². The van der Waals surface area contributed by atoms with Crippen molar-refractivity contribution in [2.45, 2.75) is 27.7 Å². The maximum atomic E-state index is 4.86. The van der Waals surface area contributed by atoms with E-state index >= 15 is 0 Å². The van der Waals surface area contributed by atoms with Gasteiger partial charge in [0.2, 0.25) is 0 Å². The van der Waals surface area contributed by atoms with Gasteiger partial charge in [-0.3, -0.25) is 4.70 Å². The van der Waals surface area contributed by atoms with Crippen LogP contribution >= 0.6 is 0 Å². The van der Waals surface area contributed by atoms with E-state index in [9.17, 15) is 0 Å². The normalized spacial score (nSPS) is 12.3. The smallest absolute Gasteiger partial charge is 0.0688 e. The van der Waals surface area contributed by atoms with E-state index in [4.69, 9.17) is 9.97 Å². The second kappa shape index (κ2) is 6.85. The monoisotopic (exact) mass is 386 g/mol. The van der Waals surface area contributed by atoms with E-state index in [0.29, 0.717) is 0 Å². The molecule has 0 unspecified atom stereocenters. The molecular formula is C24H23FN4. The first-order chi connectivity index (χ1) is 13.5. The zero-order chi connectivity index (χ0) is 19.4. The Morgan fingerprint density at radius 2 is 0.793 bits per heavy atom. The van der Waals surface area contributed by atoms with Crippen LogP contribution in [0, 0.1) is 27.7 Å². The number of nitrogens with zero attached hydrogens (tertiary/aromatic N) is 2. The van der Waals surface area contributed by atoms with E-state index in [2.05, 4.69) is 86.2 Å². The summed E-state index contributed by atoms with van der Waals surface area (Å²) in [5.74, 6) is 0. The highest BCUT2D eigenvalue weighted by Gasteiger charge is 2.11. The zero-order valence-corrected chi connectivity index (χ0v) is 16.9. The van der Waals surface area contributed by atoms with Crippen LogP contribution < -0.4 is 0 Å². The summed E-state index contributed by atoms with van der Waals surface area (Å²) in [6.07, 6.45) is 8.33. The number of H-pyrrole nitrogens is 2. The molecule has 146 valence electrons. The first-order valence-corrected chi connectivity index (χ1v) is 9.54. The van der Waals surface area contributed by atoms with Crippen LogP contribution in [0.15, 0.2) is 24.3 Å². The predicted molar refractivity (Wildman–Crippen MR) is 120 cm³/mol. The lowest BCUT2D eigenvalue weighted by molar-refractivity contribution is 1.11. The maximum absolute atomic E-state index is 4.86. The van der Waals surface area contributed by atoms with Gasteiger partial charge in [0.25, 0.3) is 0 Å². The number of nitrogens with one attached hydrogen (secondary N) is 2. The molecule has 0 radical (unpaired) electrons. The third-order valence-electron chi connectivity index (χ3n) is 5.80. The van der Waals surface area contributed by atoms with Gasteiger partial charge in [-0.1, -0.05) is 0 Å². The quantitative estimate of drug-likeness (QED) is 0.341. The number of rotatable bonds is 0. The fraction of sp³-hybridized carbons (Fsp3) is 0.167. The molecule has 0 atom stereocenters. The Balaban J connectivity index is 0.00000205. The van der Waals surface area contributed by atoms with E-state index in [1.807, 2.05) is 0 Å². The minimum atomic E-state index is 0. The number of hydrogen-bond acceptors (Lipinski definition) is 2. The molecule has 2 aliphatic heterocycles. The molecular weight excluding hydrogens is 363 g/mol. The van der Waals surface area contributed by atoms with Gasteiger partial charge in [0.05, 0.1) is 22.8 Å². The van der Waals surface area contributed by atoms with Gasteiger partial charge < -0.3 is 9.97 Å². The predicted octanol–water partition coefficient (Wildman–Crippen LogP) is 6.04. The third kappa shape index (κ3) is 2.99. The van der Waals surface area contributed by atoms with Gasteiger partial charge in [0.1, 0.15) is 0 Å². The molecule has 0 spiro atoms. The summed E-state index contributed by atoms with van der Waals surface area (Å²) in [5, 5.41) is 0. The Morgan fingerprint density at radius 1 is 0.483 bits per heavy atom.